The number of hydrogen-bond donors (Lipinski definition) is 2. The maximum absolute atomic E-state index is 5.69. The molecule has 20 heavy (non-hydrogen) atoms. The first-order chi connectivity index (χ1) is 9.81. The molecule has 0 bridgehead atoms. The number of fused-ring (bicyclic) bond motifs is 1. The Kier molecular flexibility index (Phi) is 3.41. The van der Waals surface area contributed by atoms with E-state index in [2.05, 4.69) is 10.3 Å². The third-order valence-corrected chi connectivity index (χ3v) is 2.80. The molecule has 3 rings (SSSR count). The predicted molar refractivity (Wildman–Crippen MR) is 78.8 cm³/mol. The average molecular weight is 269 g/mol. The van der Waals surface area contributed by atoms with Gasteiger partial charge in [0.15, 0.2) is 5.58 Å². The summed E-state index contributed by atoms with van der Waals surface area (Å²) in [5, 5.41) is 3.08. The van der Waals surface area contributed by atoms with Crippen LogP contribution >= 0.6 is 0 Å². The lowest BCUT2D eigenvalue weighted by molar-refractivity contribution is 0.331. The Morgan fingerprint density at radius 3 is 2.85 bits per heavy atom. The van der Waals surface area contributed by atoms with Crippen molar-refractivity contribution in [2.75, 3.05) is 24.2 Å². The normalized spacial score (nSPS) is 10.6. The maximum atomic E-state index is 5.69. The monoisotopic (exact) mass is 269 g/mol. The highest BCUT2D eigenvalue weighted by Crippen LogP contribution is 2.20. The minimum Gasteiger partial charge on any atom is -0.492 e. The Morgan fingerprint density at radius 1 is 1.15 bits per heavy atom. The van der Waals surface area contributed by atoms with Crippen molar-refractivity contribution < 1.29 is 9.15 Å². The summed E-state index contributed by atoms with van der Waals surface area (Å²) in [6, 6.07) is 15.5. The van der Waals surface area contributed by atoms with Gasteiger partial charge in [-0.3, -0.25) is 0 Å². The van der Waals surface area contributed by atoms with Crippen LogP contribution in [0, 0.1) is 0 Å². The van der Waals surface area contributed by atoms with Gasteiger partial charge in [0.25, 0.3) is 6.01 Å². The Bertz CT molecular complexity index is 695. The number of oxazole rings is 1. The van der Waals surface area contributed by atoms with E-state index in [9.17, 15) is 0 Å². The smallest absolute Gasteiger partial charge is 0.295 e. The lowest BCUT2D eigenvalue weighted by atomic mass is 10.3. The number of nitrogens with zero attached hydrogens (tertiary/aromatic N) is 1. The van der Waals surface area contributed by atoms with E-state index in [0.29, 0.717) is 30.4 Å². The van der Waals surface area contributed by atoms with Gasteiger partial charge in [-0.05, 0) is 24.3 Å². The molecule has 5 nitrogen and oxygen atoms in total. The van der Waals surface area contributed by atoms with E-state index in [1.165, 1.54) is 0 Å². The van der Waals surface area contributed by atoms with E-state index in [1.807, 2.05) is 36.4 Å². The minimum atomic E-state index is 0.474. The summed E-state index contributed by atoms with van der Waals surface area (Å²) in [6.07, 6.45) is 0. The van der Waals surface area contributed by atoms with E-state index in [4.69, 9.17) is 14.9 Å². The number of benzene rings is 2. The highest BCUT2D eigenvalue weighted by atomic mass is 16.5. The molecule has 1 heterocycles. The molecule has 3 N–H and O–H groups in total. The fourth-order valence-electron chi connectivity index (χ4n) is 1.86. The van der Waals surface area contributed by atoms with Crippen LogP contribution in [0.4, 0.5) is 11.7 Å². The Hall–Kier alpha value is -2.69. The first-order valence-electron chi connectivity index (χ1n) is 6.39. The largest absolute Gasteiger partial charge is 0.492 e. The molecule has 0 amide bonds. The molecule has 0 radical (unpaired) electrons. The van der Waals surface area contributed by atoms with Gasteiger partial charge in [0.1, 0.15) is 17.9 Å². The molecule has 0 aliphatic rings. The molecule has 0 atom stereocenters. The summed E-state index contributed by atoms with van der Waals surface area (Å²) in [4.78, 5) is 4.31. The topological polar surface area (TPSA) is 73.3 Å². The molecule has 0 aliphatic heterocycles. The highest BCUT2D eigenvalue weighted by Gasteiger charge is 2.05. The van der Waals surface area contributed by atoms with Gasteiger partial charge >= 0.3 is 0 Å². The number of rotatable bonds is 5. The summed E-state index contributed by atoms with van der Waals surface area (Å²) in [5.74, 6) is 0.847. The Balaban J connectivity index is 1.55. The molecular formula is C15H15N3O2. The summed E-state index contributed by atoms with van der Waals surface area (Å²) in [7, 11) is 0. The van der Waals surface area contributed by atoms with Crippen LogP contribution in [0.25, 0.3) is 11.1 Å². The van der Waals surface area contributed by atoms with E-state index in [0.717, 1.165) is 11.3 Å². The highest BCUT2D eigenvalue weighted by molar-refractivity contribution is 5.78. The quantitative estimate of drug-likeness (QED) is 0.550. The molecule has 0 spiro atoms. The van der Waals surface area contributed by atoms with Crippen molar-refractivity contribution in [3.05, 3.63) is 48.5 Å². The SMILES string of the molecule is Nc1ccc2nc(NCCOc3ccccc3)oc2c1. The van der Waals surface area contributed by atoms with Gasteiger partial charge in [0, 0.05) is 11.8 Å². The number of hydrogen-bond acceptors (Lipinski definition) is 5. The van der Waals surface area contributed by atoms with Crippen LogP contribution in [0.15, 0.2) is 52.9 Å². The predicted octanol–water partition coefficient (Wildman–Crippen LogP) is 2.90. The average Bonchev–Trinajstić information content (AvgIpc) is 2.86. The van der Waals surface area contributed by atoms with E-state index < -0.39 is 0 Å². The van der Waals surface area contributed by atoms with Crippen molar-refractivity contribution in [3.63, 3.8) is 0 Å². The fourth-order valence-corrected chi connectivity index (χ4v) is 1.86. The molecular weight excluding hydrogens is 254 g/mol. The van der Waals surface area contributed by atoms with Crippen LogP contribution in [0.1, 0.15) is 0 Å². The summed E-state index contributed by atoms with van der Waals surface area (Å²) >= 11 is 0. The number of anilines is 2. The van der Waals surface area contributed by atoms with E-state index >= 15 is 0 Å². The van der Waals surface area contributed by atoms with Crippen molar-refractivity contribution in [2.45, 2.75) is 0 Å². The lowest BCUT2D eigenvalue weighted by Crippen LogP contribution is -2.11. The van der Waals surface area contributed by atoms with Crippen molar-refractivity contribution in [2.24, 2.45) is 0 Å². The van der Waals surface area contributed by atoms with E-state index in [-0.39, 0.29) is 0 Å². The van der Waals surface area contributed by atoms with Crippen LogP contribution in [-0.2, 0) is 0 Å². The second-order valence-corrected chi connectivity index (χ2v) is 4.33. The maximum Gasteiger partial charge on any atom is 0.295 e. The lowest BCUT2D eigenvalue weighted by Gasteiger charge is -2.05. The summed E-state index contributed by atoms with van der Waals surface area (Å²) < 4.78 is 11.1. The first kappa shape index (κ1) is 12.3. The number of para-hydroxylation sites is 1. The van der Waals surface area contributed by atoms with Crippen molar-refractivity contribution in [1.82, 2.24) is 4.98 Å². The summed E-state index contributed by atoms with van der Waals surface area (Å²) in [5.41, 5.74) is 7.81. The van der Waals surface area contributed by atoms with Crippen LogP contribution in [0.5, 0.6) is 5.75 Å². The Labute approximate surface area is 116 Å². The van der Waals surface area contributed by atoms with Crippen LogP contribution in [0.2, 0.25) is 0 Å². The summed E-state index contributed by atoms with van der Waals surface area (Å²) in [6.45, 7) is 1.14. The molecule has 3 aromatic rings. The fraction of sp³-hybridized carbons (Fsp3) is 0.133. The van der Waals surface area contributed by atoms with Crippen LogP contribution in [0.3, 0.4) is 0 Å². The van der Waals surface area contributed by atoms with Gasteiger partial charge in [0.05, 0.1) is 6.54 Å². The molecule has 0 aliphatic carbocycles. The third kappa shape index (κ3) is 2.83. The van der Waals surface area contributed by atoms with Gasteiger partial charge < -0.3 is 20.2 Å². The van der Waals surface area contributed by atoms with Gasteiger partial charge in [-0.15, -0.1) is 0 Å². The molecule has 5 heteroatoms. The van der Waals surface area contributed by atoms with Gasteiger partial charge in [0.2, 0.25) is 0 Å². The first-order valence-corrected chi connectivity index (χ1v) is 6.39. The standard InChI is InChI=1S/C15H15N3O2/c16-11-6-7-13-14(10-11)20-15(18-13)17-8-9-19-12-4-2-1-3-5-12/h1-7,10H,8-9,16H2,(H,17,18). The minimum absolute atomic E-state index is 0.474. The Morgan fingerprint density at radius 2 is 2.00 bits per heavy atom. The van der Waals surface area contributed by atoms with Gasteiger partial charge in [-0.2, -0.15) is 4.98 Å². The molecule has 1 aromatic heterocycles. The van der Waals surface area contributed by atoms with Crippen LogP contribution in [-0.4, -0.2) is 18.1 Å². The van der Waals surface area contributed by atoms with Crippen LogP contribution < -0.4 is 15.8 Å². The van der Waals surface area contributed by atoms with Crippen molar-refractivity contribution in [3.8, 4) is 5.75 Å². The number of nitrogen functional groups attached to an aromatic ring is 1. The molecule has 2 aromatic carbocycles. The second-order valence-electron chi connectivity index (χ2n) is 4.33. The number of aromatic nitrogens is 1. The third-order valence-electron chi connectivity index (χ3n) is 2.80. The van der Waals surface area contributed by atoms with Crippen molar-refractivity contribution >= 4 is 22.8 Å². The second kappa shape index (κ2) is 5.52. The number of ether oxygens (including phenoxy) is 1. The molecule has 0 unspecified atom stereocenters. The molecule has 102 valence electrons. The zero-order chi connectivity index (χ0) is 13.8. The molecule has 0 saturated heterocycles. The zero-order valence-corrected chi connectivity index (χ0v) is 10.9. The molecule has 0 fully saturated rings. The van der Waals surface area contributed by atoms with Gasteiger partial charge in [-0.1, -0.05) is 18.2 Å². The zero-order valence-electron chi connectivity index (χ0n) is 10.9. The van der Waals surface area contributed by atoms with Gasteiger partial charge in [-0.25, -0.2) is 0 Å². The molecule has 0 saturated carbocycles. The number of nitrogens with two attached hydrogens (primary N) is 1. The number of nitrogens with one attached hydrogen (secondary N) is 1. The van der Waals surface area contributed by atoms with E-state index in [1.54, 1.807) is 12.1 Å². The van der Waals surface area contributed by atoms with Crippen molar-refractivity contribution in [1.29, 1.82) is 0 Å².